The Kier molecular flexibility index (Phi) is 5.92. The topological polar surface area (TPSA) is 68.1 Å². The van der Waals surface area contributed by atoms with Crippen LogP contribution in [0.3, 0.4) is 0 Å². The Morgan fingerprint density at radius 1 is 0.846 bits per heavy atom. The molecule has 1 aromatic heterocycles. The van der Waals surface area contributed by atoms with Crippen molar-refractivity contribution in [2.75, 3.05) is 0 Å². The average molecular weight is 349 g/mol. The molecule has 2 unspecified atom stereocenters. The van der Waals surface area contributed by atoms with Crippen LogP contribution in [0.4, 0.5) is 0 Å². The molecule has 0 saturated carbocycles. The summed E-state index contributed by atoms with van der Waals surface area (Å²) in [5.74, 6) is 1.14. The molecule has 5 heteroatoms. The maximum absolute atomic E-state index is 9.66. The lowest BCUT2D eigenvalue weighted by atomic mass is 10.1. The van der Waals surface area contributed by atoms with Gasteiger partial charge in [-0.1, -0.05) is 67.6 Å². The summed E-state index contributed by atoms with van der Waals surface area (Å²) < 4.78 is 5.98. The monoisotopic (exact) mass is 349 g/mol. The van der Waals surface area contributed by atoms with Gasteiger partial charge in [0.15, 0.2) is 11.6 Å². The zero-order chi connectivity index (χ0) is 18.4. The molecule has 2 aromatic carbocycles. The Bertz CT molecular complexity index is 765. The summed E-state index contributed by atoms with van der Waals surface area (Å²) in [5, 5.41) is 9.66. The Morgan fingerprint density at radius 3 is 1.77 bits per heavy atom. The molecule has 0 aliphatic carbocycles. The first kappa shape index (κ1) is 18.0. The van der Waals surface area contributed by atoms with E-state index in [-0.39, 0.29) is 12.1 Å². The number of hydrogen-bond donors (Lipinski definition) is 1. The second-order valence-electron chi connectivity index (χ2n) is 6.23. The first-order valence-electron chi connectivity index (χ1n) is 8.87. The zero-order valence-electron chi connectivity index (χ0n) is 15.0. The van der Waals surface area contributed by atoms with Gasteiger partial charge in [-0.2, -0.15) is 9.97 Å². The maximum atomic E-state index is 9.66. The van der Waals surface area contributed by atoms with Crippen LogP contribution in [0, 0.1) is 0 Å². The van der Waals surface area contributed by atoms with E-state index in [0.717, 1.165) is 17.5 Å². The van der Waals surface area contributed by atoms with Crippen molar-refractivity contribution in [2.24, 2.45) is 0 Å². The molecule has 5 nitrogen and oxygen atoms in total. The van der Waals surface area contributed by atoms with E-state index in [0.29, 0.717) is 18.1 Å². The standard InChI is InChI=1S/C21H23N3O2/c1-3-18(14-15(2)25)26-21-23-19(16-10-6-4-7-11-16)22-20(24-21)17-12-8-5-9-13-17/h4-13,15,18,25H,3,14H2,1-2H3. The van der Waals surface area contributed by atoms with Gasteiger partial charge in [0.2, 0.25) is 0 Å². The van der Waals surface area contributed by atoms with E-state index in [9.17, 15) is 5.11 Å². The van der Waals surface area contributed by atoms with E-state index in [1.54, 1.807) is 6.92 Å². The number of aliphatic hydroxyl groups is 1. The van der Waals surface area contributed by atoms with Gasteiger partial charge in [0.25, 0.3) is 0 Å². The molecule has 0 radical (unpaired) electrons. The van der Waals surface area contributed by atoms with Gasteiger partial charge in [-0.3, -0.25) is 0 Å². The highest BCUT2D eigenvalue weighted by atomic mass is 16.5. The van der Waals surface area contributed by atoms with Crippen LogP contribution < -0.4 is 4.74 Å². The third-order valence-electron chi connectivity index (χ3n) is 4.01. The summed E-state index contributed by atoms with van der Waals surface area (Å²) in [6.45, 7) is 3.77. The third-order valence-corrected chi connectivity index (χ3v) is 4.01. The number of hydrogen-bond acceptors (Lipinski definition) is 5. The second kappa shape index (κ2) is 8.54. The number of aliphatic hydroxyl groups excluding tert-OH is 1. The molecule has 26 heavy (non-hydrogen) atoms. The molecule has 0 aliphatic heterocycles. The number of rotatable bonds is 7. The summed E-state index contributed by atoms with van der Waals surface area (Å²) in [6.07, 6.45) is 0.704. The predicted octanol–water partition coefficient (Wildman–Crippen LogP) is 4.13. The van der Waals surface area contributed by atoms with Crippen LogP contribution >= 0.6 is 0 Å². The molecular weight excluding hydrogens is 326 g/mol. The maximum Gasteiger partial charge on any atom is 0.320 e. The van der Waals surface area contributed by atoms with Crippen molar-refractivity contribution in [3.05, 3.63) is 60.7 Å². The first-order valence-corrected chi connectivity index (χ1v) is 8.87. The van der Waals surface area contributed by atoms with Crippen LogP contribution in [0.1, 0.15) is 26.7 Å². The highest BCUT2D eigenvalue weighted by Crippen LogP contribution is 2.23. The fourth-order valence-corrected chi connectivity index (χ4v) is 2.67. The van der Waals surface area contributed by atoms with Gasteiger partial charge in [0, 0.05) is 17.5 Å². The van der Waals surface area contributed by atoms with E-state index < -0.39 is 6.10 Å². The fraction of sp³-hybridized carbons (Fsp3) is 0.286. The van der Waals surface area contributed by atoms with Crippen LogP contribution in [-0.4, -0.2) is 32.3 Å². The van der Waals surface area contributed by atoms with Gasteiger partial charge in [-0.05, 0) is 13.3 Å². The zero-order valence-corrected chi connectivity index (χ0v) is 15.0. The van der Waals surface area contributed by atoms with E-state index in [4.69, 9.17) is 4.74 Å². The number of nitrogens with zero attached hydrogens (tertiary/aromatic N) is 3. The van der Waals surface area contributed by atoms with E-state index in [2.05, 4.69) is 15.0 Å². The summed E-state index contributed by atoms with van der Waals surface area (Å²) in [6, 6.07) is 19.8. The quantitative estimate of drug-likeness (QED) is 0.694. The smallest absolute Gasteiger partial charge is 0.320 e. The number of aromatic nitrogens is 3. The van der Waals surface area contributed by atoms with Crippen molar-refractivity contribution in [1.82, 2.24) is 15.0 Å². The molecule has 0 saturated heterocycles. The van der Waals surface area contributed by atoms with Crippen molar-refractivity contribution in [2.45, 2.75) is 38.9 Å². The minimum atomic E-state index is -0.441. The molecule has 0 amide bonds. The molecule has 0 bridgehead atoms. The molecule has 1 heterocycles. The van der Waals surface area contributed by atoms with Gasteiger partial charge in [0.1, 0.15) is 6.10 Å². The Labute approximate surface area is 153 Å². The van der Waals surface area contributed by atoms with Crippen molar-refractivity contribution in [3.8, 4) is 28.8 Å². The summed E-state index contributed by atoms with van der Waals surface area (Å²) in [5.41, 5.74) is 1.81. The van der Waals surface area contributed by atoms with Crippen molar-refractivity contribution in [1.29, 1.82) is 0 Å². The van der Waals surface area contributed by atoms with Crippen LogP contribution in [0.15, 0.2) is 60.7 Å². The van der Waals surface area contributed by atoms with E-state index in [1.165, 1.54) is 0 Å². The normalized spacial score (nSPS) is 13.2. The van der Waals surface area contributed by atoms with Gasteiger partial charge in [-0.15, -0.1) is 0 Å². The molecule has 134 valence electrons. The third kappa shape index (κ3) is 4.64. The highest BCUT2D eigenvalue weighted by Gasteiger charge is 2.16. The molecular formula is C21H23N3O2. The lowest BCUT2D eigenvalue weighted by Gasteiger charge is -2.18. The number of ether oxygens (including phenoxy) is 1. The Balaban J connectivity index is 2.00. The summed E-state index contributed by atoms with van der Waals surface area (Å²) in [7, 11) is 0. The molecule has 0 spiro atoms. The first-order chi connectivity index (χ1) is 12.7. The van der Waals surface area contributed by atoms with Crippen LogP contribution in [0.2, 0.25) is 0 Å². The van der Waals surface area contributed by atoms with Gasteiger partial charge in [-0.25, -0.2) is 4.98 Å². The molecule has 1 N–H and O–H groups in total. The predicted molar refractivity (Wildman–Crippen MR) is 102 cm³/mol. The fourth-order valence-electron chi connectivity index (χ4n) is 2.67. The van der Waals surface area contributed by atoms with Crippen molar-refractivity contribution < 1.29 is 9.84 Å². The van der Waals surface area contributed by atoms with Gasteiger partial charge >= 0.3 is 6.01 Å². The number of benzene rings is 2. The second-order valence-corrected chi connectivity index (χ2v) is 6.23. The van der Waals surface area contributed by atoms with Gasteiger partial charge < -0.3 is 9.84 Å². The molecule has 3 rings (SSSR count). The summed E-state index contributed by atoms with van der Waals surface area (Å²) in [4.78, 5) is 13.6. The van der Waals surface area contributed by atoms with Gasteiger partial charge in [0.05, 0.1) is 6.10 Å². The minimum Gasteiger partial charge on any atom is -0.460 e. The lowest BCUT2D eigenvalue weighted by molar-refractivity contribution is 0.0968. The average Bonchev–Trinajstić information content (AvgIpc) is 2.68. The lowest BCUT2D eigenvalue weighted by Crippen LogP contribution is -2.22. The van der Waals surface area contributed by atoms with Crippen LogP contribution in [0.5, 0.6) is 6.01 Å². The minimum absolute atomic E-state index is 0.148. The van der Waals surface area contributed by atoms with Crippen LogP contribution in [-0.2, 0) is 0 Å². The van der Waals surface area contributed by atoms with Crippen molar-refractivity contribution >= 4 is 0 Å². The molecule has 2 atom stereocenters. The van der Waals surface area contributed by atoms with E-state index in [1.807, 2.05) is 67.6 Å². The Hall–Kier alpha value is -2.79. The summed E-state index contributed by atoms with van der Waals surface area (Å²) >= 11 is 0. The SMILES string of the molecule is CCC(CC(C)O)Oc1nc(-c2ccccc2)nc(-c2ccccc2)n1. The molecule has 3 aromatic rings. The van der Waals surface area contributed by atoms with Crippen molar-refractivity contribution in [3.63, 3.8) is 0 Å². The van der Waals surface area contributed by atoms with Crippen LogP contribution in [0.25, 0.3) is 22.8 Å². The molecule has 0 fully saturated rings. The highest BCUT2D eigenvalue weighted by molar-refractivity contribution is 5.61. The largest absolute Gasteiger partial charge is 0.460 e. The van der Waals surface area contributed by atoms with E-state index >= 15 is 0 Å². The molecule has 0 aliphatic rings. The Morgan fingerprint density at radius 2 is 1.35 bits per heavy atom.